The molecule has 27 heavy (non-hydrogen) atoms. The van der Waals surface area contributed by atoms with Crippen LogP contribution in [0.4, 0.5) is 8.78 Å². The van der Waals surface area contributed by atoms with Gasteiger partial charge in [-0.25, -0.2) is 18.3 Å². The molecule has 4 rings (SSSR count). The molecule has 1 amide bonds. The van der Waals surface area contributed by atoms with Crippen LogP contribution in [0.25, 0.3) is 28.0 Å². The fourth-order valence-electron chi connectivity index (χ4n) is 2.87. The first kappa shape index (κ1) is 16.8. The zero-order chi connectivity index (χ0) is 19.0. The maximum Gasteiger partial charge on any atom is 0.207 e. The number of nitrogens with zero attached hydrogens (tertiary/aromatic N) is 5. The number of hydrogen-bond acceptors (Lipinski definition) is 4. The Balaban J connectivity index is 1.89. The van der Waals surface area contributed by atoms with Gasteiger partial charge in [0.15, 0.2) is 0 Å². The van der Waals surface area contributed by atoms with Crippen molar-refractivity contribution in [3.05, 3.63) is 60.2 Å². The van der Waals surface area contributed by atoms with Gasteiger partial charge in [-0.3, -0.25) is 9.48 Å². The summed E-state index contributed by atoms with van der Waals surface area (Å²) in [5.41, 5.74) is 2.12. The van der Waals surface area contributed by atoms with Crippen molar-refractivity contribution >= 4 is 11.9 Å². The molecule has 136 valence electrons. The molecule has 1 N–H and O–H groups in total. The van der Waals surface area contributed by atoms with E-state index in [4.69, 9.17) is 0 Å². The lowest BCUT2D eigenvalue weighted by Crippen LogP contribution is -2.11. The number of carbonyl (C=O) groups excluding carboxylic acids is 1. The molecule has 0 fully saturated rings. The minimum absolute atomic E-state index is 0.0126. The number of carbonyl (C=O) groups is 1. The van der Waals surface area contributed by atoms with E-state index in [2.05, 4.69) is 20.5 Å². The molecule has 9 heteroatoms. The molecule has 0 unspecified atom stereocenters. The summed E-state index contributed by atoms with van der Waals surface area (Å²) in [4.78, 5) is 14.9. The second kappa shape index (κ2) is 6.60. The van der Waals surface area contributed by atoms with E-state index in [1.165, 1.54) is 0 Å². The maximum atomic E-state index is 14.7. The Morgan fingerprint density at radius 1 is 1.19 bits per heavy atom. The number of nitrogens with one attached hydrogen (secondary N) is 1. The average molecular weight is 368 g/mol. The van der Waals surface area contributed by atoms with Crippen LogP contribution in [-0.4, -0.2) is 30.8 Å². The van der Waals surface area contributed by atoms with Crippen LogP contribution in [-0.2, 0) is 18.4 Å². The number of amides is 1. The largest absolute Gasteiger partial charge is 0.354 e. The Labute approximate surface area is 152 Å². The number of aryl methyl sites for hydroxylation is 1. The quantitative estimate of drug-likeness (QED) is 0.549. The van der Waals surface area contributed by atoms with E-state index >= 15 is 0 Å². The maximum absolute atomic E-state index is 14.7. The minimum atomic E-state index is -0.641. The predicted octanol–water partition coefficient (Wildman–Crippen LogP) is 2.32. The zero-order valence-corrected chi connectivity index (χ0v) is 14.2. The lowest BCUT2D eigenvalue weighted by atomic mass is 10.1. The molecule has 0 saturated carbocycles. The molecule has 0 aliphatic heterocycles. The summed E-state index contributed by atoms with van der Waals surface area (Å²) in [5, 5.41) is 10.6. The molecular formula is C18H14F2N6O. The van der Waals surface area contributed by atoms with Gasteiger partial charge in [0.05, 0.1) is 35.5 Å². The van der Waals surface area contributed by atoms with Crippen molar-refractivity contribution in [2.75, 3.05) is 0 Å². The molecular weight excluding hydrogens is 354 g/mol. The monoisotopic (exact) mass is 368 g/mol. The Hall–Kier alpha value is -3.62. The van der Waals surface area contributed by atoms with E-state index < -0.39 is 11.6 Å². The molecule has 0 atom stereocenters. The highest BCUT2D eigenvalue weighted by Gasteiger charge is 2.17. The van der Waals surface area contributed by atoms with Crippen LogP contribution in [0, 0.1) is 11.6 Å². The standard InChI is InChI=1S/C18H14F2N6O/c1-25-8-12(7-23-25)16-9-26-17(2-3-22-26)18(24-16)13-5-14(19)11(4-15(13)20)6-21-10-27/h2-5,7-10H,6H2,1H3,(H,21,27). The number of halogens is 2. The van der Waals surface area contributed by atoms with Crippen LogP contribution in [0.1, 0.15) is 5.56 Å². The topological polar surface area (TPSA) is 77.1 Å². The predicted molar refractivity (Wildman–Crippen MR) is 93.4 cm³/mol. The molecule has 0 radical (unpaired) electrons. The SMILES string of the molecule is Cn1cc(-c2cn3nccc3c(-c3cc(F)c(CNC=O)cc3F)n2)cn1. The van der Waals surface area contributed by atoms with Crippen molar-refractivity contribution in [2.45, 2.75) is 6.54 Å². The molecule has 0 saturated heterocycles. The van der Waals surface area contributed by atoms with Gasteiger partial charge in [-0.15, -0.1) is 0 Å². The lowest BCUT2D eigenvalue weighted by molar-refractivity contribution is -0.109. The Morgan fingerprint density at radius 3 is 2.78 bits per heavy atom. The highest BCUT2D eigenvalue weighted by Crippen LogP contribution is 2.30. The van der Waals surface area contributed by atoms with Crippen LogP contribution in [0.15, 0.2) is 43.0 Å². The Kier molecular flexibility index (Phi) is 4.11. The Morgan fingerprint density at radius 2 is 2.04 bits per heavy atom. The lowest BCUT2D eigenvalue weighted by Gasteiger charge is -2.10. The summed E-state index contributed by atoms with van der Waals surface area (Å²) < 4.78 is 32.3. The normalized spacial score (nSPS) is 11.1. The first-order chi connectivity index (χ1) is 13.1. The highest BCUT2D eigenvalue weighted by atomic mass is 19.1. The molecule has 3 heterocycles. The fourth-order valence-corrected chi connectivity index (χ4v) is 2.87. The third-order valence-corrected chi connectivity index (χ3v) is 4.16. The van der Waals surface area contributed by atoms with Crippen molar-refractivity contribution in [3.63, 3.8) is 0 Å². The molecule has 0 spiro atoms. The third-order valence-electron chi connectivity index (χ3n) is 4.16. The van der Waals surface area contributed by atoms with Crippen LogP contribution in [0.3, 0.4) is 0 Å². The second-order valence-electron chi connectivity index (χ2n) is 5.96. The molecule has 3 aromatic heterocycles. The van der Waals surface area contributed by atoms with E-state index in [0.29, 0.717) is 17.6 Å². The van der Waals surface area contributed by atoms with Crippen LogP contribution < -0.4 is 5.32 Å². The van der Waals surface area contributed by atoms with Gasteiger partial charge in [0.2, 0.25) is 6.41 Å². The smallest absolute Gasteiger partial charge is 0.207 e. The average Bonchev–Trinajstić information content (AvgIpc) is 3.30. The highest BCUT2D eigenvalue weighted by molar-refractivity contribution is 5.79. The molecule has 0 aliphatic rings. The summed E-state index contributed by atoms with van der Waals surface area (Å²) in [6, 6.07) is 3.82. The van der Waals surface area contributed by atoms with Gasteiger partial charge >= 0.3 is 0 Å². The summed E-state index contributed by atoms with van der Waals surface area (Å²) in [6.45, 7) is -0.0994. The van der Waals surface area contributed by atoms with Gasteiger partial charge in [-0.2, -0.15) is 10.2 Å². The van der Waals surface area contributed by atoms with Crippen LogP contribution in [0.5, 0.6) is 0 Å². The van der Waals surface area contributed by atoms with Crippen molar-refractivity contribution in [1.29, 1.82) is 0 Å². The van der Waals surface area contributed by atoms with E-state index in [0.717, 1.165) is 17.7 Å². The van der Waals surface area contributed by atoms with Crippen molar-refractivity contribution in [3.8, 4) is 22.5 Å². The zero-order valence-electron chi connectivity index (χ0n) is 14.2. The van der Waals surface area contributed by atoms with Gasteiger partial charge in [0.1, 0.15) is 11.6 Å². The summed E-state index contributed by atoms with van der Waals surface area (Å²) in [6.07, 6.45) is 7.09. The molecule has 1 aromatic carbocycles. The number of hydrogen-bond donors (Lipinski definition) is 1. The minimum Gasteiger partial charge on any atom is -0.354 e. The van der Waals surface area contributed by atoms with Gasteiger partial charge in [0.25, 0.3) is 0 Å². The first-order valence-electron chi connectivity index (χ1n) is 8.05. The van der Waals surface area contributed by atoms with Crippen molar-refractivity contribution in [2.24, 2.45) is 7.05 Å². The van der Waals surface area contributed by atoms with Gasteiger partial charge in [0, 0.05) is 36.5 Å². The summed E-state index contributed by atoms with van der Waals surface area (Å²) >= 11 is 0. The van der Waals surface area contributed by atoms with E-state index in [1.807, 2.05) is 0 Å². The van der Waals surface area contributed by atoms with Gasteiger partial charge in [-0.1, -0.05) is 0 Å². The van der Waals surface area contributed by atoms with Crippen molar-refractivity contribution in [1.82, 2.24) is 29.7 Å². The molecule has 0 aliphatic carbocycles. The van der Waals surface area contributed by atoms with E-state index in [-0.39, 0.29) is 23.4 Å². The van der Waals surface area contributed by atoms with Crippen molar-refractivity contribution < 1.29 is 13.6 Å². The van der Waals surface area contributed by atoms with E-state index in [9.17, 15) is 13.6 Å². The summed E-state index contributed by atoms with van der Waals surface area (Å²) in [5.74, 6) is -1.27. The fraction of sp³-hybridized carbons (Fsp3) is 0.111. The number of aromatic nitrogens is 5. The third kappa shape index (κ3) is 3.03. The number of benzene rings is 1. The number of fused-ring (bicyclic) bond motifs is 1. The molecule has 0 bridgehead atoms. The Bertz CT molecular complexity index is 1150. The second-order valence-corrected chi connectivity index (χ2v) is 5.96. The molecule has 4 aromatic rings. The first-order valence-corrected chi connectivity index (χ1v) is 8.05. The van der Waals surface area contributed by atoms with Crippen LogP contribution in [0.2, 0.25) is 0 Å². The molecule has 7 nitrogen and oxygen atoms in total. The number of rotatable bonds is 5. The van der Waals surface area contributed by atoms with E-state index in [1.54, 1.807) is 47.1 Å². The van der Waals surface area contributed by atoms with Crippen LogP contribution >= 0.6 is 0 Å². The van der Waals surface area contributed by atoms with Gasteiger partial charge in [-0.05, 0) is 18.2 Å². The van der Waals surface area contributed by atoms with Gasteiger partial charge < -0.3 is 5.32 Å². The summed E-state index contributed by atoms with van der Waals surface area (Å²) in [7, 11) is 1.78.